The first-order chi connectivity index (χ1) is 6.38. The third-order valence-corrected chi connectivity index (χ3v) is 3.34. The second kappa shape index (κ2) is 4.31. The second-order valence-corrected chi connectivity index (χ2v) is 8.09. The molecule has 0 bridgehead atoms. The molecule has 0 aliphatic heterocycles. The summed E-state index contributed by atoms with van der Waals surface area (Å²) >= 11 is 0. The number of hydrogen-bond acceptors (Lipinski definition) is 1. The van der Waals surface area contributed by atoms with E-state index in [9.17, 15) is 4.57 Å². The standard InChI is InChI=1S/C12H19OP/c1-10(2)12-7-5-11(6-8-12)9-14(3,4)13/h5-8,10H,9H2,1-4H3. The zero-order valence-corrected chi connectivity index (χ0v) is 10.3. The molecule has 1 aromatic rings. The highest BCUT2D eigenvalue weighted by Crippen LogP contribution is 2.40. The van der Waals surface area contributed by atoms with Crippen molar-refractivity contribution in [3.05, 3.63) is 35.4 Å². The van der Waals surface area contributed by atoms with Gasteiger partial charge in [0.05, 0.1) is 7.14 Å². The van der Waals surface area contributed by atoms with Gasteiger partial charge in [0.25, 0.3) is 0 Å². The molecule has 0 atom stereocenters. The van der Waals surface area contributed by atoms with Crippen LogP contribution < -0.4 is 0 Å². The van der Waals surface area contributed by atoms with Crippen molar-refractivity contribution in [2.24, 2.45) is 0 Å². The summed E-state index contributed by atoms with van der Waals surface area (Å²) in [4.78, 5) is 0. The summed E-state index contributed by atoms with van der Waals surface area (Å²) in [5.41, 5.74) is 2.53. The first kappa shape index (κ1) is 11.5. The topological polar surface area (TPSA) is 17.1 Å². The molecule has 0 saturated carbocycles. The molecule has 0 aromatic heterocycles. The molecule has 0 fully saturated rings. The van der Waals surface area contributed by atoms with Gasteiger partial charge in [-0.15, -0.1) is 0 Å². The lowest BCUT2D eigenvalue weighted by atomic mass is 10.0. The van der Waals surface area contributed by atoms with Crippen LogP contribution in [-0.2, 0) is 10.7 Å². The molecule has 0 amide bonds. The Bertz CT molecular complexity index is 332. The number of benzene rings is 1. The Morgan fingerprint density at radius 1 is 1.14 bits per heavy atom. The van der Waals surface area contributed by atoms with E-state index in [0.717, 1.165) is 0 Å². The molecular weight excluding hydrogens is 191 g/mol. The molecule has 0 aliphatic rings. The van der Waals surface area contributed by atoms with Crippen LogP contribution in [0, 0.1) is 0 Å². The Balaban J connectivity index is 2.79. The van der Waals surface area contributed by atoms with Crippen LogP contribution in [0.15, 0.2) is 24.3 Å². The van der Waals surface area contributed by atoms with Crippen LogP contribution >= 0.6 is 7.14 Å². The van der Waals surface area contributed by atoms with E-state index in [0.29, 0.717) is 12.1 Å². The quantitative estimate of drug-likeness (QED) is 0.691. The Morgan fingerprint density at radius 3 is 2.00 bits per heavy atom. The van der Waals surface area contributed by atoms with Crippen molar-refractivity contribution >= 4 is 7.14 Å². The predicted molar refractivity (Wildman–Crippen MR) is 63.7 cm³/mol. The largest absolute Gasteiger partial charge is 0.324 e. The van der Waals surface area contributed by atoms with Crippen molar-refractivity contribution in [3.8, 4) is 0 Å². The van der Waals surface area contributed by atoms with Gasteiger partial charge in [0.1, 0.15) is 0 Å². The van der Waals surface area contributed by atoms with Gasteiger partial charge in [-0.05, 0) is 30.4 Å². The molecular formula is C12H19OP. The number of rotatable bonds is 3. The molecule has 0 heterocycles. The number of hydrogen-bond donors (Lipinski definition) is 0. The maximum atomic E-state index is 11.6. The summed E-state index contributed by atoms with van der Waals surface area (Å²) in [6, 6.07) is 8.45. The van der Waals surface area contributed by atoms with Gasteiger partial charge in [-0.25, -0.2) is 0 Å². The molecule has 1 rings (SSSR count). The monoisotopic (exact) mass is 210 g/mol. The zero-order chi connectivity index (χ0) is 10.8. The van der Waals surface area contributed by atoms with Gasteiger partial charge in [-0.2, -0.15) is 0 Å². The molecule has 0 radical (unpaired) electrons. The lowest BCUT2D eigenvalue weighted by Gasteiger charge is -2.09. The summed E-state index contributed by atoms with van der Waals surface area (Å²) in [6.07, 6.45) is 0.714. The van der Waals surface area contributed by atoms with Crippen LogP contribution in [0.25, 0.3) is 0 Å². The van der Waals surface area contributed by atoms with E-state index in [1.165, 1.54) is 11.1 Å². The smallest absolute Gasteiger partial charge is 0.0861 e. The molecule has 0 N–H and O–H groups in total. The van der Waals surface area contributed by atoms with Crippen LogP contribution in [-0.4, -0.2) is 13.3 Å². The van der Waals surface area contributed by atoms with E-state index in [-0.39, 0.29) is 0 Å². The molecule has 0 aliphatic carbocycles. The Hall–Kier alpha value is -0.550. The van der Waals surface area contributed by atoms with Gasteiger partial charge in [-0.1, -0.05) is 38.1 Å². The van der Waals surface area contributed by atoms with E-state index < -0.39 is 7.14 Å². The molecule has 14 heavy (non-hydrogen) atoms. The van der Waals surface area contributed by atoms with E-state index in [4.69, 9.17) is 0 Å². The van der Waals surface area contributed by atoms with Crippen molar-refractivity contribution in [2.75, 3.05) is 13.3 Å². The summed E-state index contributed by atoms with van der Waals surface area (Å²) in [6.45, 7) is 8.03. The van der Waals surface area contributed by atoms with Gasteiger partial charge in [-0.3, -0.25) is 0 Å². The average molecular weight is 210 g/mol. The van der Waals surface area contributed by atoms with E-state index in [2.05, 4.69) is 38.1 Å². The molecule has 78 valence electrons. The maximum absolute atomic E-state index is 11.6. The van der Waals surface area contributed by atoms with Crippen molar-refractivity contribution in [3.63, 3.8) is 0 Å². The summed E-state index contributed by atoms with van der Waals surface area (Å²) in [5, 5.41) is 0. The highest BCUT2D eigenvalue weighted by molar-refractivity contribution is 7.61. The summed E-state index contributed by atoms with van der Waals surface area (Å²) in [7, 11) is -1.93. The highest BCUT2D eigenvalue weighted by Gasteiger charge is 2.08. The van der Waals surface area contributed by atoms with E-state index >= 15 is 0 Å². The van der Waals surface area contributed by atoms with Crippen molar-refractivity contribution in [2.45, 2.75) is 25.9 Å². The summed E-state index contributed by atoms with van der Waals surface area (Å²) < 4.78 is 11.6. The Labute approximate surface area is 86.9 Å². The van der Waals surface area contributed by atoms with Crippen LogP contribution in [0.5, 0.6) is 0 Å². The highest BCUT2D eigenvalue weighted by atomic mass is 31.2. The van der Waals surface area contributed by atoms with Crippen molar-refractivity contribution < 1.29 is 4.57 Å². The molecule has 0 spiro atoms. The minimum Gasteiger partial charge on any atom is -0.324 e. The first-order valence-electron chi connectivity index (χ1n) is 5.01. The van der Waals surface area contributed by atoms with Crippen LogP contribution in [0.4, 0.5) is 0 Å². The van der Waals surface area contributed by atoms with E-state index in [1.54, 1.807) is 0 Å². The average Bonchev–Trinajstić information content (AvgIpc) is 2.02. The van der Waals surface area contributed by atoms with E-state index in [1.807, 2.05) is 13.3 Å². The third-order valence-electron chi connectivity index (χ3n) is 2.21. The Kier molecular flexibility index (Phi) is 3.55. The van der Waals surface area contributed by atoms with Gasteiger partial charge in [0.15, 0.2) is 0 Å². The second-order valence-electron chi connectivity index (χ2n) is 4.63. The minimum atomic E-state index is -1.93. The minimum absolute atomic E-state index is 0.569. The van der Waals surface area contributed by atoms with Crippen LogP contribution in [0.1, 0.15) is 30.9 Å². The molecule has 2 heteroatoms. The molecule has 0 unspecified atom stereocenters. The van der Waals surface area contributed by atoms with Gasteiger partial charge in [0.2, 0.25) is 0 Å². The summed E-state index contributed by atoms with van der Waals surface area (Å²) in [5.74, 6) is 0.569. The van der Waals surface area contributed by atoms with Gasteiger partial charge < -0.3 is 4.57 Å². The van der Waals surface area contributed by atoms with Crippen LogP contribution in [0.2, 0.25) is 0 Å². The van der Waals surface area contributed by atoms with Crippen molar-refractivity contribution in [1.82, 2.24) is 0 Å². The Morgan fingerprint density at radius 2 is 1.64 bits per heavy atom. The lowest BCUT2D eigenvalue weighted by Crippen LogP contribution is -1.89. The fraction of sp³-hybridized carbons (Fsp3) is 0.500. The molecule has 1 nitrogen and oxygen atoms in total. The normalized spacial score (nSPS) is 12.1. The molecule has 0 saturated heterocycles. The molecule has 1 aromatic carbocycles. The fourth-order valence-corrected chi connectivity index (χ4v) is 2.54. The predicted octanol–water partition coefficient (Wildman–Crippen LogP) is 3.93. The third kappa shape index (κ3) is 3.67. The van der Waals surface area contributed by atoms with Gasteiger partial charge in [0, 0.05) is 6.16 Å². The first-order valence-corrected chi connectivity index (χ1v) is 7.80. The zero-order valence-electron chi connectivity index (χ0n) is 9.45. The maximum Gasteiger partial charge on any atom is 0.0861 e. The lowest BCUT2D eigenvalue weighted by molar-refractivity contribution is 0.582. The van der Waals surface area contributed by atoms with Crippen LogP contribution in [0.3, 0.4) is 0 Å². The van der Waals surface area contributed by atoms with Gasteiger partial charge >= 0.3 is 0 Å². The SMILES string of the molecule is CC(C)c1ccc(CP(C)(C)=O)cc1. The fourth-order valence-electron chi connectivity index (χ4n) is 1.45. The van der Waals surface area contributed by atoms with Crippen molar-refractivity contribution in [1.29, 1.82) is 0 Å².